The second kappa shape index (κ2) is 8.69. The molecule has 1 saturated heterocycles. The Balaban J connectivity index is 1.46. The highest BCUT2D eigenvalue weighted by atomic mass is 16.5. The Morgan fingerprint density at radius 1 is 1.17 bits per heavy atom. The molecule has 0 aliphatic carbocycles. The van der Waals surface area contributed by atoms with E-state index in [9.17, 15) is 4.79 Å². The average Bonchev–Trinajstić information content (AvgIpc) is 3.36. The van der Waals surface area contributed by atoms with Crippen LogP contribution in [0.5, 0.6) is 5.75 Å². The molecule has 1 fully saturated rings. The second-order valence-electron chi connectivity index (χ2n) is 7.88. The molecule has 2 aromatic carbocycles. The predicted molar refractivity (Wildman–Crippen MR) is 116 cm³/mol. The van der Waals surface area contributed by atoms with Crippen LogP contribution < -0.4 is 9.64 Å². The van der Waals surface area contributed by atoms with E-state index < -0.39 is 0 Å². The van der Waals surface area contributed by atoms with Gasteiger partial charge in [0.2, 0.25) is 17.6 Å². The van der Waals surface area contributed by atoms with Crippen molar-refractivity contribution in [2.75, 3.05) is 18.1 Å². The van der Waals surface area contributed by atoms with Gasteiger partial charge in [0.1, 0.15) is 5.75 Å². The topological polar surface area (TPSA) is 68.5 Å². The third-order valence-corrected chi connectivity index (χ3v) is 5.44. The zero-order chi connectivity index (χ0) is 21.1. The molecular formula is C24H27N3O3. The van der Waals surface area contributed by atoms with E-state index >= 15 is 0 Å². The fraction of sp³-hybridized carbons (Fsp3) is 0.375. The first kappa shape index (κ1) is 20.1. The van der Waals surface area contributed by atoms with Crippen LogP contribution in [0, 0.1) is 13.8 Å². The monoisotopic (exact) mass is 405 g/mol. The van der Waals surface area contributed by atoms with Crippen LogP contribution in [0.2, 0.25) is 0 Å². The van der Waals surface area contributed by atoms with Gasteiger partial charge in [-0.25, -0.2) is 0 Å². The van der Waals surface area contributed by atoms with Gasteiger partial charge in [-0.2, -0.15) is 4.98 Å². The first-order valence-electron chi connectivity index (χ1n) is 10.5. The first-order chi connectivity index (χ1) is 14.5. The third kappa shape index (κ3) is 4.22. The van der Waals surface area contributed by atoms with Crippen molar-refractivity contribution in [3.8, 4) is 17.1 Å². The summed E-state index contributed by atoms with van der Waals surface area (Å²) >= 11 is 0. The quantitative estimate of drug-likeness (QED) is 0.514. The number of aromatic nitrogens is 2. The highest BCUT2D eigenvalue weighted by molar-refractivity contribution is 5.97. The number of anilines is 1. The van der Waals surface area contributed by atoms with E-state index in [1.54, 1.807) is 0 Å². The van der Waals surface area contributed by atoms with Crippen molar-refractivity contribution >= 4 is 11.6 Å². The minimum absolute atomic E-state index is 0.0836. The van der Waals surface area contributed by atoms with Crippen molar-refractivity contribution < 1.29 is 14.1 Å². The molecule has 1 aliphatic heterocycles. The summed E-state index contributed by atoms with van der Waals surface area (Å²) < 4.78 is 11.2. The lowest BCUT2D eigenvalue weighted by atomic mass is 10.1. The van der Waals surface area contributed by atoms with Crippen LogP contribution in [0.3, 0.4) is 0 Å². The lowest BCUT2D eigenvalue weighted by Gasteiger charge is -2.19. The Hall–Kier alpha value is -3.15. The zero-order valence-electron chi connectivity index (χ0n) is 17.7. The highest BCUT2D eigenvalue weighted by Gasteiger charge is 2.35. The number of unbranched alkanes of at least 4 members (excludes halogenated alkanes) is 1. The molecule has 30 heavy (non-hydrogen) atoms. The van der Waals surface area contributed by atoms with Gasteiger partial charge < -0.3 is 14.2 Å². The number of benzene rings is 2. The Labute approximate surface area is 176 Å². The van der Waals surface area contributed by atoms with Gasteiger partial charge >= 0.3 is 0 Å². The number of amides is 1. The molecule has 156 valence electrons. The molecule has 4 rings (SSSR count). The number of hydrogen-bond donors (Lipinski definition) is 0. The molecule has 0 radical (unpaired) electrons. The molecule has 1 unspecified atom stereocenters. The summed E-state index contributed by atoms with van der Waals surface area (Å²) in [5.74, 6) is 1.86. The maximum Gasteiger partial charge on any atom is 0.232 e. The van der Waals surface area contributed by atoms with Crippen LogP contribution in [-0.2, 0) is 4.79 Å². The van der Waals surface area contributed by atoms with E-state index in [-0.39, 0.29) is 11.8 Å². The number of carbonyl (C=O) groups excluding carboxylic acids is 1. The molecule has 0 saturated carbocycles. The molecule has 3 aromatic rings. The normalized spacial score (nSPS) is 16.3. The van der Waals surface area contributed by atoms with Crippen LogP contribution >= 0.6 is 0 Å². The first-order valence-corrected chi connectivity index (χ1v) is 10.5. The minimum atomic E-state index is -0.101. The van der Waals surface area contributed by atoms with Gasteiger partial charge in [0.25, 0.3) is 0 Å². The van der Waals surface area contributed by atoms with Crippen molar-refractivity contribution in [3.63, 3.8) is 0 Å². The van der Waals surface area contributed by atoms with E-state index in [1.165, 1.54) is 5.56 Å². The standard InChI is InChI=1S/C24H27N3O3/c1-4-5-12-29-20-9-7-18(8-10-20)23-25-24(30-26-23)19-14-22(28)27(15-19)21-11-6-16(2)13-17(21)3/h6-11,13,19H,4-5,12,14-15H2,1-3H3. The summed E-state index contributed by atoms with van der Waals surface area (Å²) in [5.41, 5.74) is 4.09. The van der Waals surface area contributed by atoms with Gasteiger partial charge in [0.05, 0.1) is 12.5 Å². The third-order valence-electron chi connectivity index (χ3n) is 5.44. The van der Waals surface area contributed by atoms with Crippen LogP contribution in [0.15, 0.2) is 47.0 Å². The number of carbonyl (C=O) groups is 1. The van der Waals surface area contributed by atoms with Gasteiger partial charge in [0.15, 0.2) is 0 Å². The lowest BCUT2D eigenvalue weighted by Crippen LogP contribution is -2.25. The Kier molecular flexibility index (Phi) is 5.84. The van der Waals surface area contributed by atoms with E-state index in [1.807, 2.05) is 48.2 Å². The molecule has 6 nitrogen and oxygen atoms in total. The molecule has 2 heterocycles. The van der Waals surface area contributed by atoms with E-state index in [4.69, 9.17) is 9.26 Å². The fourth-order valence-corrected chi connectivity index (χ4v) is 3.77. The highest BCUT2D eigenvalue weighted by Crippen LogP contribution is 2.33. The van der Waals surface area contributed by atoms with Gasteiger partial charge in [0, 0.05) is 24.2 Å². The number of hydrogen-bond acceptors (Lipinski definition) is 5. The maximum absolute atomic E-state index is 12.6. The van der Waals surface area contributed by atoms with Gasteiger partial charge in [-0.15, -0.1) is 0 Å². The van der Waals surface area contributed by atoms with E-state index in [2.05, 4.69) is 30.1 Å². The summed E-state index contributed by atoms with van der Waals surface area (Å²) in [6.45, 7) is 7.49. The zero-order valence-corrected chi connectivity index (χ0v) is 17.7. The van der Waals surface area contributed by atoms with Crippen LogP contribution in [-0.4, -0.2) is 29.2 Å². The molecule has 0 N–H and O–H groups in total. The summed E-state index contributed by atoms with van der Waals surface area (Å²) in [6.07, 6.45) is 2.52. The van der Waals surface area contributed by atoms with Crippen molar-refractivity contribution in [3.05, 3.63) is 59.5 Å². The van der Waals surface area contributed by atoms with Crippen molar-refractivity contribution in [2.24, 2.45) is 0 Å². The lowest BCUT2D eigenvalue weighted by molar-refractivity contribution is -0.117. The molecule has 0 spiro atoms. The SMILES string of the molecule is CCCCOc1ccc(-c2noc(C3CC(=O)N(c4ccc(C)cc4C)C3)n2)cc1. The number of nitrogens with zero attached hydrogens (tertiary/aromatic N) is 3. The van der Waals surface area contributed by atoms with Crippen LogP contribution in [0.1, 0.15) is 49.1 Å². The minimum Gasteiger partial charge on any atom is -0.494 e. The largest absolute Gasteiger partial charge is 0.494 e. The molecule has 1 atom stereocenters. The molecule has 0 bridgehead atoms. The molecule has 1 aliphatic rings. The number of rotatable bonds is 7. The fourth-order valence-electron chi connectivity index (χ4n) is 3.77. The van der Waals surface area contributed by atoms with Crippen LogP contribution in [0.25, 0.3) is 11.4 Å². The number of aryl methyl sites for hydroxylation is 2. The van der Waals surface area contributed by atoms with Crippen molar-refractivity contribution in [1.82, 2.24) is 10.1 Å². The Bertz CT molecular complexity index is 1030. The molecule has 1 amide bonds. The maximum atomic E-state index is 12.6. The summed E-state index contributed by atoms with van der Waals surface area (Å²) in [5, 5.41) is 4.13. The average molecular weight is 405 g/mol. The van der Waals surface area contributed by atoms with Gasteiger partial charge in [-0.05, 0) is 56.2 Å². The number of ether oxygens (including phenoxy) is 1. The van der Waals surface area contributed by atoms with E-state index in [0.29, 0.717) is 24.7 Å². The second-order valence-corrected chi connectivity index (χ2v) is 7.88. The smallest absolute Gasteiger partial charge is 0.232 e. The van der Waals surface area contributed by atoms with Gasteiger partial charge in [-0.1, -0.05) is 36.2 Å². The summed E-state index contributed by atoms with van der Waals surface area (Å²) in [7, 11) is 0. The predicted octanol–water partition coefficient (Wildman–Crippen LogP) is 5.05. The summed E-state index contributed by atoms with van der Waals surface area (Å²) in [4.78, 5) is 19.0. The molecule has 1 aromatic heterocycles. The molecular weight excluding hydrogens is 378 g/mol. The summed E-state index contributed by atoms with van der Waals surface area (Å²) in [6, 6.07) is 13.8. The van der Waals surface area contributed by atoms with Crippen LogP contribution in [0.4, 0.5) is 5.69 Å². The Morgan fingerprint density at radius 2 is 1.97 bits per heavy atom. The van der Waals surface area contributed by atoms with Gasteiger partial charge in [-0.3, -0.25) is 4.79 Å². The van der Waals surface area contributed by atoms with Crippen molar-refractivity contribution in [1.29, 1.82) is 0 Å². The van der Waals surface area contributed by atoms with E-state index in [0.717, 1.165) is 42.0 Å². The Morgan fingerprint density at radius 3 is 2.70 bits per heavy atom. The van der Waals surface area contributed by atoms with Crippen molar-refractivity contribution in [2.45, 2.75) is 46.0 Å². The molecule has 6 heteroatoms.